The van der Waals surface area contributed by atoms with E-state index in [1.54, 1.807) is 12.4 Å². The van der Waals surface area contributed by atoms with Gasteiger partial charge in [-0.15, -0.1) is 0 Å². The number of nitrogens with zero attached hydrogens (tertiary/aromatic N) is 2. The van der Waals surface area contributed by atoms with Crippen molar-refractivity contribution in [3.05, 3.63) is 30.6 Å². The lowest BCUT2D eigenvalue weighted by Gasteiger charge is -2.05. The van der Waals surface area contributed by atoms with E-state index in [1.807, 2.05) is 18.2 Å². The molecule has 0 atom stereocenters. The van der Waals surface area contributed by atoms with Crippen LogP contribution in [-0.4, -0.2) is 28.5 Å². The van der Waals surface area contributed by atoms with Crippen LogP contribution < -0.4 is 4.74 Å². The van der Waals surface area contributed by atoms with Crippen molar-refractivity contribution in [2.45, 2.75) is 6.42 Å². The Labute approximate surface area is 87.5 Å². The van der Waals surface area contributed by atoms with Crippen molar-refractivity contribution in [3.8, 4) is 5.75 Å². The molecule has 0 saturated carbocycles. The summed E-state index contributed by atoms with van der Waals surface area (Å²) in [5.41, 5.74) is 0. The first kappa shape index (κ1) is 9.86. The summed E-state index contributed by atoms with van der Waals surface area (Å²) >= 11 is 0. The van der Waals surface area contributed by atoms with E-state index in [4.69, 9.17) is 9.84 Å². The highest BCUT2D eigenvalue weighted by Gasteiger charge is 1.97. The summed E-state index contributed by atoms with van der Waals surface area (Å²) in [6.45, 7) is 0.680. The first-order valence-corrected chi connectivity index (χ1v) is 4.84. The van der Waals surface area contributed by atoms with E-state index in [0.717, 1.165) is 16.5 Å². The molecule has 1 aromatic carbocycles. The first-order valence-electron chi connectivity index (χ1n) is 4.84. The number of benzene rings is 1. The molecule has 4 heteroatoms. The lowest BCUT2D eigenvalue weighted by atomic mass is 10.2. The fraction of sp³-hybridized carbons (Fsp3) is 0.273. The third kappa shape index (κ3) is 2.41. The highest BCUT2D eigenvalue weighted by molar-refractivity contribution is 5.81. The van der Waals surface area contributed by atoms with E-state index in [2.05, 4.69) is 10.2 Å². The first-order chi connectivity index (χ1) is 7.40. The fourth-order valence-corrected chi connectivity index (χ4v) is 1.32. The molecule has 0 fully saturated rings. The quantitative estimate of drug-likeness (QED) is 0.765. The standard InChI is InChI=1S/C11H12N2O2/c14-4-1-5-15-11-3-2-9-7-12-13-8-10(9)6-11/h2-3,6-8,14H,1,4-5H2. The van der Waals surface area contributed by atoms with Gasteiger partial charge < -0.3 is 9.84 Å². The van der Waals surface area contributed by atoms with E-state index >= 15 is 0 Å². The zero-order valence-electron chi connectivity index (χ0n) is 8.26. The highest BCUT2D eigenvalue weighted by atomic mass is 16.5. The summed E-state index contributed by atoms with van der Waals surface area (Å²) < 4.78 is 5.45. The Morgan fingerprint density at radius 1 is 1.13 bits per heavy atom. The van der Waals surface area contributed by atoms with Gasteiger partial charge in [0.1, 0.15) is 5.75 Å². The van der Waals surface area contributed by atoms with Crippen molar-refractivity contribution in [1.29, 1.82) is 0 Å². The Kier molecular flexibility index (Phi) is 3.09. The number of hydrogen-bond acceptors (Lipinski definition) is 4. The average molecular weight is 204 g/mol. The van der Waals surface area contributed by atoms with Crippen LogP contribution >= 0.6 is 0 Å². The number of aromatic nitrogens is 2. The molecule has 0 amide bonds. The lowest BCUT2D eigenvalue weighted by molar-refractivity contribution is 0.234. The summed E-state index contributed by atoms with van der Waals surface area (Å²) in [6.07, 6.45) is 4.06. The van der Waals surface area contributed by atoms with Gasteiger partial charge in [0.25, 0.3) is 0 Å². The number of fused-ring (bicyclic) bond motifs is 1. The summed E-state index contributed by atoms with van der Waals surface area (Å²) in [4.78, 5) is 0. The Balaban J connectivity index is 2.16. The van der Waals surface area contributed by atoms with Gasteiger partial charge in [-0.25, -0.2) is 0 Å². The molecule has 2 rings (SSSR count). The molecular formula is C11H12N2O2. The van der Waals surface area contributed by atoms with Crippen molar-refractivity contribution in [1.82, 2.24) is 10.2 Å². The van der Waals surface area contributed by atoms with Crippen molar-refractivity contribution in [2.24, 2.45) is 0 Å². The van der Waals surface area contributed by atoms with Crippen LogP contribution in [0.3, 0.4) is 0 Å². The number of aliphatic hydroxyl groups excluding tert-OH is 1. The molecule has 1 heterocycles. The molecule has 78 valence electrons. The van der Waals surface area contributed by atoms with Crippen LogP contribution in [0, 0.1) is 0 Å². The molecule has 0 aliphatic heterocycles. The van der Waals surface area contributed by atoms with Gasteiger partial charge in [-0.3, -0.25) is 0 Å². The monoisotopic (exact) mass is 204 g/mol. The van der Waals surface area contributed by atoms with Crippen molar-refractivity contribution >= 4 is 10.8 Å². The van der Waals surface area contributed by atoms with Gasteiger partial charge in [0, 0.05) is 23.8 Å². The lowest BCUT2D eigenvalue weighted by Crippen LogP contribution is -1.99. The molecule has 1 aromatic heterocycles. The van der Waals surface area contributed by atoms with Crippen LogP contribution in [-0.2, 0) is 0 Å². The van der Waals surface area contributed by atoms with Crippen molar-refractivity contribution < 1.29 is 9.84 Å². The molecule has 1 N–H and O–H groups in total. The van der Waals surface area contributed by atoms with Gasteiger partial charge in [0.15, 0.2) is 0 Å². The number of rotatable bonds is 4. The molecule has 0 aliphatic carbocycles. The molecule has 0 spiro atoms. The van der Waals surface area contributed by atoms with Gasteiger partial charge >= 0.3 is 0 Å². The number of ether oxygens (including phenoxy) is 1. The van der Waals surface area contributed by atoms with Gasteiger partial charge in [-0.1, -0.05) is 0 Å². The largest absolute Gasteiger partial charge is 0.493 e. The van der Waals surface area contributed by atoms with Crippen LogP contribution in [0.25, 0.3) is 10.8 Å². The molecule has 0 aliphatic rings. The van der Waals surface area contributed by atoms with E-state index in [0.29, 0.717) is 13.0 Å². The fourth-order valence-electron chi connectivity index (χ4n) is 1.32. The Hall–Kier alpha value is -1.68. The highest BCUT2D eigenvalue weighted by Crippen LogP contribution is 2.19. The minimum atomic E-state index is 0.152. The summed E-state index contributed by atoms with van der Waals surface area (Å²) in [5, 5.41) is 18.3. The average Bonchev–Trinajstić information content (AvgIpc) is 2.29. The summed E-state index contributed by atoms with van der Waals surface area (Å²) in [6, 6.07) is 5.75. The van der Waals surface area contributed by atoms with E-state index in [-0.39, 0.29) is 6.61 Å². The predicted molar refractivity (Wildman–Crippen MR) is 56.7 cm³/mol. The topological polar surface area (TPSA) is 55.2 Å². The zero-order chi connectivity index (χ0) is 10.5. The van der Waals surface area contributed by atoms with Gasteiger partial charge in [-0.2, -0.15) is 10.2 Å². The zero-order valence-corrected chi connectivity index (χ0v) is 8.26. The predicted octanol–water partition coefficient (Wildman–Crippen LogP) is 1.39. The second-order valence-corrected chi connectivity index (χ2v) is 3.21. The van der Waals surface area contributed by atoms with E-state index < -0.39 is 0 Å². The van der Waals surface area contributed by atoms with Crippen LogP contribution in [0.5, 0.6) is 5.75 Å². The Morgan fingerprint density at radius 3 is 2.73 bits per heavy atom. The summed E-state index contributed by atoms with van der Waals surface area (Å²) in [5.74, 6) is 0.795. The Bertz CT molecular complexity index is 445. The smallest absolute Gasteiger partial charge is 0.119 e. The SMILES string of the molecule is OCCCOc1ccc2cnncc2c1. The molecule has 15 heavy (non-hydrogen) atoms. The van der Waals surface area contributed by atoms with E-state index in [9.17, 15) is 0 Å². The third-order valence-corrected chi connectivity index (χ3v) is 2.09. The maximum absolute atomic E-state index is 8.62. The third-order valence-electron chi connectivity index (χ3n) is 2.09. The molecule has 0 saturated heterocycles. The maximum Gasteiger partial charge on any atom is 0.119 e. The minimum absolute atomic E-state index is 0.152. The van der Waals surface area contributed by atoms with Crippen molar-refractivity contribution in [3.63, 3.8) is 0 Å². The van der Waals surface area contributed by atoms with Gasteiger partial charge in [0.05, 0.1) is 19.0 Å². The Morgan fingerprint density at radius 2 is 1.93 bits per heavy atom. The molecule has 0 bridgehead atoms. The van der Waals surface area contributed by atoms with Gasteiger partial charge in [-0.05, 0) is 18.2 Å². The maximum atomic E-state index is 8.62. The summed E-state index contributed by atoms with van der Waals surface area (Å²) in [7, 11) is 0. The number of hydrogen-bond donors (Lipinski definition) is 1. The van der Waals surface area contributed by atoms with E-state index in [1.165, 1.54) is 0 Å². The van der Waals surface area contributed by atoms with Crippen LogP contribution in [0.1, 0.15) is 6.42 Å². The molecular weight excluding hydrogens is 192 g/mol. The molecule has 0 unspecified atom stereocenters. The minimum Gasteiger partial charge on any atom is -0.493 e. The molecule has 2 aromatic rings. The number of aliphatic hydroxyl groups is 1. The second kappa shape index (κ2) is 4.70. The molecule has 0 radical (unpaired) electrons. The van der Waals surface area contributed by atoms with Gasteiger partial charge in [0.2, 0.25) is 0 Å². The van der Waals surface area contributed by atoms with Crippen LogP contribution in [0.15, 0.2) is 30.6 Å². The van der Waals surface area contributed by atoms with Crippen molar-refractivity contribution in [2.75, 3.05) is 13.2 Å². The molecule has 4 nitrogen and oxygen atoms in total. The van der Waals surface area contributed by atoms with Crippen LogP contribution in [0.2, 0.25) is 0 Å². The second-order valence-electron chi connectivity index (χ2n) is 3.21. The normalized spacial score (nSPS) is 10.5. The van der Waals surface area contributed by atoms with Crippen LogP contribution in [0.4, 0.5) is 0 Å².